The van der Waals surface area contributed by atoms with Crippen LogP contribution in [0.5, 0.6) is 5.75 Å². The van der Waals surface area contributed by atoms with Crippen molar-refractivity contribution in [3.8, 4) is 5.75 Å². The maximum atomic E-state index is 5.88. The van der Waals surface area contributed by atoms with E-state index >= 15 is 0 Å². The van der Waals surface area contributed by atoms with E-state index in [0.29, 0.717) is 6.54 Å². The van der Waals surface area contributed by atoms with Gasteiger partial charge in [-0.05, 0) is 50.1 Å². The molecule has 0 amide bonds. The monoisotopic (exact) mass is 265 g/mol. The first-order valence-corrected chi connectivity index (χ1v) is 6.68. The Morgan fingerprint density at radius 3 is 2.42 bits per heavy atom. The van der Waals surface area contributed by atoms with Crippen molar-refractivity contribution >= 4 is 0 Å². The number of likely N-dealkylation sites (N-methyl/N-ethyl adjacent to an activating group) is 1. The molecule has 1 rings (SSSR count). The van der Waals surface area contributed by atoms with Crippen molar-refractivity contribution < 1.29 is 4.74 Å². The van der Waals surface area contributed by atoms with Gasteiger partial charge < -0.3 is 21.1 Å². The lowest BCUT2D eigenvalue weighted by molar-refractivity contribution is 0.304. The molecular formula is C15H27N3O. The van der Waals surface area contributed by atoms with Crippen LogP contribution in [0.4, 0.5) is 0 Å². The molecule has 0 fully saturated rings. The molecule has 4 heteroatoms. The average molecular weight is 265 g/mol. The third-order valence-corrected chi connectivity index (χ3v) is 3.63. The molecule has 4 nitrogen and oxygen atoms in total. The molecular weight excluding hydrogens is 238 g/mol. The number of benzene rings is 1. The second-order valence-corrected chi connectivity index (χ2v) is 5.33. The van der Waals surface area contributed by atoms with Crippen molar-refractivity contribution in [3.05, 3.63) is 28.3 Å². The molecule has 0 aliphatic heterocycles. The third-order valence-electron chi connectivity index (χ3n) is 3.63. The molecule has 0 aliphatic rings. The van der Waals surface area contributed by atoms with E-state index in [4.69, 9.17) is 16.2 Å². The fraction of sp³-hybridized carbons (Fsp3) is 0.600. The highest BCUT2D eigenvalue weighted by Crippen LogP contribution is 2.29. The number of aryl methyl sites for hydroxylation is 1. The minimum Gasteiger partial charge on any atom is -0.496 e. The Morgan fingerprint density at radius 2 is 1.89 bits per heavy atom. The van der Waals surface area contributed by atoms with Gasteiger partial charge >= 0.3 is 0 Å². The van der Waals surface area contributed by atoms with Gasteiger partial charge in [0, 0.05) is 25.7 Å². The zero-order valence-corrected chi connectivity index (χ0v) is 12.8. The second-order valence-electron chi connectivity index (χ2n) is 5.33. The molecule has 0 saturated heterocycles. The van der Waals surface area contributed by atoms with Crippen LogP contribution in [0.1, 0.15) is 22.3 Å². The van der Waals surface area contributed by atoms with Crippen molar-refractivity contribution in [1.82, 2.24) is 4.90 Å². The van der Waals surface area contributed by atoms with Crippen LogP contribution in [-0.2, 0) is 6.54 Å². The van der Waals surface area contributed by atoms with Crippen LogP contribution in [0, 0.1) is 20.8 Å². The summed E-state index contributed by atoms with van der Waals surface area (Å²) in [6.07, 6.45) is 0. The van der Waals surface area contributed by atoms with E-state index in [0.717, 1.165) is 18.8 Å². The lowest BCUT2D eigenvalue weighted by atomic mass is 9.98. The first kappa shape index (κ1) is 16.0. The van der Waals surface area contributed by atoms with Crippen LogP contribution in [-0.4, -0.2) is 38.2 Å². The van der Waals surface area contributed by atoms with Gasteiger partial charge in [-0.3, -0.25) is 0 Å². The zero-order chi connectivity index (χ0) is 14.6. The summed E-state index contributed by atoms with van der Waals surface area (Å²) in [7, 11) is 3.80. The molecule has 0 spiro atoms. The summed E-state index contributed by atoms with van der Waals surface area (Å²) >= 11 is 0. The summed E-state index contributed by atoms with van der Waals surface area (Å²) in [4.78, 5) is 2.21. The Morgan fingerprint density at radius 1 is 1.26 bits per heavy atom. The van der Waals surface area contributed by atoms with E-state index in [1.807, 2.05) is 0 Å². The SMILES string of the molecule is COc1c(C)cc(CN(C)CC(N)CN)c(C)c1C. The Labute approximate surface area is 116 Å². The largest absolute Gasteiger partial charge is 0.496 e. The van der Waals surface area contributed by atoms with Gasteiger partial charge in [0.25, 0.3) is 0 Å². The number of nitrogens with zero attached hydrogens (tertiary/aromatic N) is 1. The van der Waals surface area contributed by atoms with E-state index < -0.39 is 0 Å². The maximum Gasteiger partial charge on any atom is 0.124 e. The molecule has 1 aromatic rings. The number of hydrogen-bond donors (Lipinski definition) is 2. The summed E-state index contributed by atoms with van der Waals surface area (Å²) in [5.41, 5.74) is 16.4. The highest BCUT2D eigenvalue weighted by Gasteiger charge is 2.13. The zero-order valence-electron chi connectivity index (χ0n) is 12.8. The number of methoxy groups -OCH3 is 1. The Hall–Kier alpha value is -1.10. The van der Waals surface area contributed by atoms with E-state index in [-0.39, 0.29) is 6.04 Å². The van der Waals surface area contributed by atoms with Crippen LogP contribution < -0.4 is 16.2 Å². The van der Waals surface area contributed by atoms with Crippen LogP contribution in [0.2, 0.25) is 0 Å². The van der Waals surface area contributed by atoms with E-state index in [2.05, 4.69) is 38.8 Å². The van der Waals surface area contributed by atoms with Gasteiger partial charge in [0.05, 0.1) is 7.11 Å². The Balaban J connectivity index is 2.90. The molecule has 0 aromatic heterocycles. The molecule has 0 radical (unpaired) electrons. The average Bonchev–Trinajstić information content (AvgIpc) is 2.36. The molecule has 1 unspecified atom stereocenters. The van der Waals surface area contributed by atoms with Gasteiger partial charge in [0.2, 0.25) is 0 Å². The Kier molecular flexibility index (Phi) is 5.79. The molecule has 1 aromatic carbocycles. The summed E-state index contributed by atoms with van der Waals surface area (Å²) in [5, 5.41) is 0. The summed E-state index contributed by atoms with van der Waals surface area (Å²) in [6.45, 7) is 8.54. The smallest absolute Gasteiger partial charge is 0.124 e. The minimum absolute atomic E-state index is 0.0331. The quantitative estimate of drug-likeness (QED) is 0.814. The predicted octanol–water partition coefficient (Wildman–Crippen LogP) is 1.34. The van der Waals surface area contributed by atoms with Gasteiger partial charge in [-0.15, -0.1) is 0 Å². The van der Waals surface area contributed by atoms with E-state index in [9.17, 15) is 0 Å². The normalized spacial score (nSPS) is 12.8. The molecule has 0 saturated carbocycles. The van der Waals surface area contributed by atoms with Crippen LogP contribution >= 0.6 is 0 Å². The van der Waals surface area contributed by atoms with Crippen molar-refractivity contribution in [2.75, 3.05) is 27.2 Å². The lowest BCUT2D eigenvalue weighted by Crippen LogP contribution is -2.40. The maximum absolute atomic E-state index is 5.88. The number of nitrogens with two attached hydrogens (primary N) is 2. The summed E-state index contributed by atoms with van der Waals surface area (Å²) in [6, 6.07) is 2.23. The molecule has 0 aliphatic carbocycles. The predicted molar refractivity (Wildman–Crippen MR) is 80.6 cm³/mol. The number of hydrogen-bond acceptors (Lipinski definition) is 4. The van der Waals surface area contributed by atoms with Gasteiger partial charge in [0.15, 0.2) is 0 Å². The van der Waals surface area contributed by atoms with Gasteiger partial charge in [0.1, 0.15) is 5.75 Å². The van der Waals surface area contributed by atoms with E-state index in [1.54, 1.807) is 7.11 Å². The van der Waals surface area contributed by atoms with Gasteiger partial charge in [-0.1, -0.05) is 6.07 Å². The van der Waals surface area contributed by atoms with Crippen LogP contribution in [0.25, 0.3) is 0 Å². The first-order chi connectivity index (χ1) is 8.90. The van der Waals surface area contributed by atoms with Gasteiger partial charge in [-0.2, -0.15) is 0 Å². The second kappa shape index (κ2) is 6.89. The van der Waals surface area contributed by atoms with Crippen LogP contribution in [0.15, 0.2) is 6.07 Å². The minimum atomic E-state index is 0.0331. The first-order valence-electron chi connectivity index (χ1n) is 6.68. The van der Waals surface area contributed by atoms with E-state index in [1.165, 1.54) is 22.3 Å². The third kappa shape index (κ3) is 3.93. The molecule has 4 N–H and O–H groups in total. The molecule has 108 valence electrons. The number of ether oxygens (including phenoxy) is 1. The molecule has 1 atom stereocenters. The van der Waals surface area contributed by atoms with Crippen molar-refractivity contribution in [1.29, 1.82) is 0 Å². The van der Waals surface area contributed by atoms with Crippen LogP contribution in [0.3, 0.4) is 0 Å². The van der Waals surface area contributed by atoms with Gasteiger partial charge in [-0.25, -0.2) is 0 Å². The highest BCUT2D eigenvalue weighted by atomic mass is 16.5. The molecule has 0 bridgehead atoms. The van der Waals surface area contributed by atoms with Crippen molar-refractivity contribution in [3.63, 3.8) is 0 Å². The number of rotatable bonds is 6. The molecule has 19 heavy (non-hydrogen) atoms. The standard InChI is InChI=1S/C15H27N3O/c1-10-6-13(8-18(4)9-14(17)7-16)11(2)12(3)15(10)19-5/h6,14H,7-9,16-17H2,1-5H3. The van der Waals surface area contributed by atoms with Crippen molar-refractivity contribution in [2.24, 2.45) is 11.5 Å². The highest BCUT2D eigenvalue weighted by molar-refractivity contribution is 5.48. The fourth-order valence-corrected chi connectivity index (χ4v) is 2.45. The lowest BCUT2D eigenvalue weighted by Gasteiger charge is -2.23. The molecule has 0 heterocycles. The summed E-state index contributed by atoms with van der Waals surface area (Å²) in [5.74, 6) is 0.988. The fourth-order valence-electron chi connectivity index (χ4n) is 2.45. The van der Waals surface area contributed by atoms with Crippen molar-refractivity contribution in [2.45, 2.75) is 33.4 Å². The Bertz CT molecular complexity index is 432. The summed E-state index contributed by atoms with van der Waals surface area (Å²) < 4.78 is 5.45. The topological polar surface area (TPSA) is 64.5 Å².